The van der Waals surface area contributed by atoms with Gasteiger partial charge in [0.05, 0.1) is 12.5 Å². The van der Waals surface area contributed by atoms with Crippen molar-refractivity contribution in [2.45, 2.75) is 0 Å². The van der Waals surface area contributed by atoms with Crippen LogP contribution in [0, 0.1) is 0 Å². The molecule has 46 valence electrons. The zero-order chi connectivity index (χ0) is 6.20. The fourth-order valence-electron chi connectivity index (χ4n) is 0.352. The van der Waals surface area contributed by atoms with E-state index in [2.05, 4.69) is 4.72 Å². The first kappa shape index (κ1) is 9.38. The van der Waals surface area contributed by atoms with E-state index < -0.39 is 16.1 Å². The average Bonchev–Trinajstić information content (AvgIpc) is 1.82. The molecule has 1 aliphatic heterocycles. The second-order valence-electron chi connectivity index (χ2n) is 1.28. The van der Waals surface area contributed by atoms with Gasteiger partial charge in [0.15, 0.2) is 10.2 Å². The Morgan fingerprint density at radius 1 is 1.56 bits per heavy atom. The van der Waals surface area contributed by atoms with Crippen LogP contribution in [0.25, 0.3) is 4.72 Å². The number of nitrogens with one attached hydrogen (secondary N) is 1. The minimum atomic E-state index is -3.57. The summed E-state index contributed by atoms with van der Waals surface area (Å²) in [5, 5.41) is 0. The van der Waals surface area contributed by atoms with Crippen LogP contribution < -0.4 is 34.3 Å². The molecule has 1 heterocycles. The van der Waals surface area contributed by atoms with Gasteiger partial charge in [-0.2, -0.15) is 0 Å². The summed E-state index contributed by atoms with van der Waals surface area (Å²) in [7, 11) is -3.57. The molecule has 9 heavy (non-hydrogen) atoms. The van der Waals surface area contributed by atoms with E-state index in [1.807, 2.05) is 4.72 Å². The Balaban J connectivity index is 0.000000640. The summed E-state index contributed by atoms with van der Waals surface area (Å²) in [5.41, 5.74) is 0. The first-order valence-corrected chi connectivity index (χ1v) is 3.29. The third kappa shape index (κ3) is 2.63. The summed E-state index contributed by atoms with van der Waals surface area (Å²) in [6, 6.07) is 0. The van der Waals surface area contributed by atoms with E-state index in [1.165, 1.54) is 0 Å². The van der Waals surface area contributed by atoms with E-state index in [0.29, 0.717) is 0 Å². The second-order valence-corrected chi connectivity index (χ2v) is 2.70. The van der Waals surface area contributed by atoms with Gasteiger partial charge in [-0.15, -0.1) is 0 Å². The maximum absolute atomic E-state index is 10.1. The monoisotopic (exact) mass is 158 g/mol. The van der Waals surface area contributed by atoms with Gasteiger partial charge in [-0.1, -0.05) is 0 Å². The molecule has 1 saturated heterocycles. The molecule has 0 spiro atoms. The van der Waals surface area contributed by atoms with E-state index in [1.54, 1.807) is 0 Å². The summed E-state index contributed by atoms with van der Waals surface area (Å²) in [6.07, 6.45) is 0. The molecule has 0 bridgehead atoms. The van der Waals surface area contributed by atoms with Gasteiger partial charge in [0.2, 0.25) is 0 Å². The van der Waals surface area contributed by atoms with Crippen LogP contribution in [-0.2, 0) is 15.0 Å². The molecular weight excluding hydrogens is 155 g/mol. The van der Waals surface area contributed by atoms with Crippen molar-refractivity contribution >= 4 is 16.1 Å². The van der Waals surface area contributed by atoms with Crippen molar-refractivity contribution in [1.82, 2.24) is 4.72 Å². The van der Waals surface area contributed by atoms with Crippen molar-refractivity contribution in [1.29, 1.82) is 0 Å². The van der Waals surface area contributed by atoms with Crippen molar-refractivity contribution in [2.75, 3.05) is 6.54 Å². The number of hydrogen-bond donors (Lipinski definition) is 1. The molecule has 0 aliphatic carbocycles. The van der Waals surface area contributed by atoms with Crippen LogP contribution in [0.5, 0.6) is 0 Å². The van der Waals surface area contributed by atoms with Gasteiger partial charge in [-0.25, -0.2) is 13.1 Å². The molecule has 7 heteroatoms. The van der Waals surface area contributed by atoms with Gasteiger partial charge in [0.25, 0.3) is 0 Å². The third-order valence-electron chi connectivity index (χ3n) is 0.628. The van der Waals surface area contributed by atoms with E-state index in [-0.39, 0.29) is 36.1 Å². The molecule has 5 nitrogen and oxygen atoms in total. The average molecular weight is 158 g/mol. The molecule has 0 atom stereocenters. The zero-order valence-electron chi connectivity index (χ0n) is 4.79. The smallest absolute Gasteiger partial charge is 0.532 e. The van der Waals surface area contributed by atoms with Crippen molar-refractivity contribution in [3.05, 3.63) is 4.72 Å². The normalized spacial score (nSPS) is 22.4. The molecule has 0 saturated carbocycles. The molecule has 0 radical (unpaired) electrons. The quantitative estimate of drug-likeness (QED) is 0.362. The van der Waals surface area contributed by atoms with Gasteiger partial charge in [0, 0.05) is 0 Å². The van der Waals surface area contributed by atoms with E-state index in [0.717, 1.165) is 0 Å². The Morgan fingerprint density at radius 2 is 2.11 bits per heavy atom. The number of carbonyl (C=O) groups excluding carboxylic acids is 1. The fourth-order valence-corrected chi connectivity index (χ4v) is 1.05. The van der Waals surface area contributed by atoms with Crippen molar-refractivity contribution in [3.8, 4) is 0 Å². The number of rotatable bonds is 0. The minimum absolute atomic E-state index is 0. The summed E-state index contributed by atoms with van der Waals surface area (Å²) < 4.78 is 24.9. The fraction of sp³-hybridized carbons (Fsp3) is 0.500. The van der Waals surface area contributed by atoms with Gasteiger partial charge < -0.3 is 9.52 Å². The molecule has 1 amide bonds. The molecular formula is C2H3N2NaO3S. The van der Waals surface area contributed by atoms with Crippen molar-refractivity contribution < 1.29 is 42.8 Å². The van der Waals surface area contributed by atoms with Crippen molar-refractivity contribution in [2.24, 2.45) is 0 Å². The first-order valence-electron chi connectivity index (χ1n) is 1.85. The van der Waals surface area contributed by atoms with Gasteiger partial charge >= 0.3 is 29.6 Å². The molecule has 1 N–H and O–H groups in total. The number of nitrogens with zero attached hydrogens (tertiary/aromatic N) is 1. The Labute approximate surface area is 74.7 Å². The van der Waals surface area contributed by atoms with Crippen molar-refractivity contribution in [3.63, 3.8) is 0 Å². The van der Waals surface area contributed by atoms with Gasteiger partial charge in [-0.05, 0) is 0 Å². The van der Waals surface area contributed by atoms with Gasteiger partial charge in [-0.3, -0.25) is 0 Å². The molecule has 0 aromatic heterocycles. The Morgan fingerprint density at radius 3 is 2.22 bits per heavy atom. The van der Waals surface area contributed by atoms with E-state index in [4.69, 9.17) is 0 Å². The molecule has 1 aliphatic rings. The first-order chi connectivity index (χ1) is 3.60. The van der Waals surface area contributed by atoms with Crippen LogP contribution in [0.3, 0.4) is 0 Å². The predicted octanol–water partition coefficient (Wildman–Crippen LogP) is -4.26. The predicted molar refractivity (Wildman–Crippen MR) is 25.3 cm³/mol. The zero-order valence-corrected chi connectivity index (χ0v) is 7.60. The minimum Gasteiger partial charge on any atom is -0.532 e. The van der Waals surface area contributed by atoms with Gasteiger partial charge in [0.1, 0.15) is 0 Å². The maximum atomic E-state index is 10.1. The van der Waals surface area contributed by atoms with Crippen LogP contribution in [0.2, 0.25) is 0 Å². The summed E-state index contributed by atoms with van der Waals surface area (Å²) in [4.78, 5) is 10.1. The largest absolute Gasteiger partial charge is 1.00 e. The Hall–Kier alpha value is 0.380. The third-order valence-corrected chi connectivity index (χ3v) is 1.58. The molecule has 1 rings (SSSR count). The van der Waals surface area contributed by atoms with Crippen LogP contribution in [-0.4, -0.2) is 20.9 Å². The Bertz CT molecular complexity index is 210. The second kappa shape index (κ2) is 2.98. The van der Waals surface area contributed by atoms with E-state index >= 15 is 0 Å². The summed E-state index contributed by atoms with van der Waals surface area (Å²) in [5.74, 6) is -0.634. The molecule has 0 aromatic rings. The van der Waals surface area contributed by atoms with Crippen LogP contribution >= 0.6 is 0 Å². The van der Waals surface area contributed by atoms with E-state index in [9.17, 15) is 13.2 Å². The van der Waals surface area contributed by atoms with Crippen LogP contribution in [0.4, 0.5) is 0 Å². The van der Waals surface area contributed by atoms with Crippen LogP contribution in [0.15, 0.2) is 0 Å². The number of amides is 1. The standard InChI is InChI=1S/C2H4N2O3S.Na/c5-2-1-3-8(6,7)4-2;/h3H,1H2,(H,4,5);/q;+1/p-1. The molecule has 1 fully saturated rings. The maximum Gasteiger partial charge on any atom is 1.00 e. The topological polar surface area (TPSA) is 77.3 Å². The summed E-state index contributed by atoms with van der Waals surface area (Å²) >= 11 is 0. The number of carbonyl (C=O) groups is 1. The molecule has 0 unspecified atom stereocenters. The van der Waals surface area contributed by atoms with Crippen LogP contribution in [0.1, 0.15) is 0 Å². The number of hydrogen-bond acceptors (Lipinski definition) is 3. The SMILES string of the molecule is O=C1CNS(=O)(=O)[N-]1.[Na+]. The molecule has 0 aromatic carbocycles. The summed E-state index contributed by atoms with van der Waals surface area (Å²) in [6.45, 7) is -0.192. The Kier molecular flexibility index (Phi) is 3.10.